The van der Waals surface area contributed by atoms with E-state index in [1.807, 2.05) is 21.7 Å². The van der Waals surface area contributed by atoms with Crippen molar-refractivity contribution < 1.29 is 9.59 Å². The number of nitrogens with zero attached hydrogens (tertiary/aromatic N) is 2. The van der Waals surface area contributed by atoms with Crippen molar-refractivity contribution in [2.45, 2.75) is 38.5 Å². The second-order valence-electron chi connectivity index (χ2n) is 7.24. The lowest BCUT2D eigenvalue weighted by atomic mass is 9.89. The van der Waals surface area contributed by atoms with Crippen molar-refractivity contribution in [1.29, 1.82) is 0 Å². The van der Waals surface area contributed by atoms with Gasteiger partial charge in [0.2, 0.25) is 5.91 Å². The van der Waals surface area contributed by atoms with Crippen molar-refractivity contribution in [3.05, 3.63) is 22.4 Å². The molecule has 2 heterocycles. The van der Waals surface area contributed by atoms with Gasteiger partial charge >= 0.3 is 0 Å². The molecule has 0 aromatic carbocycles. The maximum Gasteiger partial charge on any atom is 0.254 e. The van der Waals surface area contributed by atoms with Gasteiger partial charge in [-0.2, -0.15) is 11.3 Å². The highest BCUT2D eigenvalue weighted by molar-refractivity contribution is 7.08. The molecule has 1 aliphatic carbocycles. The molecule has 1 aliphatic heterocycles. The van der Waals surface area contributed by atoms with Gasteiger partial charge in [0.1, 0.15) is 0 Å². The molecule has 3 rings (SSSR count). The van der Waals surface area contributed by atoms with Crippen LogP contribution in [0.2, 0.25) is 0 Å². The van der Waals surface area contributed by atoms with E-state index < -0.39 is 0 Å². The molecule has 25 heavy (non-hydrogen) atoms. The second kappa shape index (κ2) is 9.34. The topological polar surface area (TPSA) is 52.7 Å². The fraction of sp³-hybridized carbons (Fsp3) is 0.684. The van der Waals surface area contributed by atoms with Gasteiger partial charge in [0.05, 0.1) is 12.1 Å². The minimum Gasteiger partial charge on any atom is -0.355 e. The number of nitrogens with one attached hydrogen (secondary N) is 1. The Morgan fingerprint density at radius 2 is 1.92 bits per heavy atom. The lowest BCUT2D eigenvalue weighted by Crippen LogP contribution is -2.41. The van der Waals surface area contributed by atoms with E-state index in [1.54, 1.807) is 11.3 Å². The SMILES string of the molecule is O=C(CN1CCCN(C(=O)c2ccsc2)CC1)NCC1CCCCC1. The molecule has 0 atom stereocenters. The molecule has 138 valence electrons. The molecule has 0 unspecified atom stereocenters. The van der Waals surface area contributed by atoms with Gasteiger partial charge in [0.15, 0.2) is 0 Å². The van der Waals surface area contributed by atoms with E-state index in [1.165, 1.54) is 32.1 Å². The minimum absolute atomic E-state index is 0.116. The van der Waals surface area contributed by atoms with Gasteiger partial charge in [0.25, 0.3) is 5.91 Å². The molecule has 1 aromatic rings. The summed E-state index contributed by atoms with van der Waals surface area (Å²) < 4.78 is 0. The van der Waals surface area contributed by atoms with Gasteiger partial charge in [-0.25, -0.2) is 0 Å². The predicted octanol–water partition coefficient (Wildman–Crippen LogP) is 2.59. The number of carbonyl (C=O) groups excluding carboxylic acids is 2. The maximum absolute atomic E-state index is 12.5. The molecular weight excluding hydrogens is 334 g/mol. The summed E-state index contributed by atoms with van der Waals surface area (Å²) in [4.78, 5) is 28.8. The number of carbonyl (C=O) groups is 2. The van der Waals surface area contributed by atoms with Gasteiger partial charge < -0.3 is 10.2 Å². The molecule has 5 nitrogen and oxygen atoms in total. The van der Waals surface area contributed by atoms with Crippen LogP contribution in [-0.4, -0.2) is 60.9 Å². The first-order valence-corrected chi connectivity index (χ1v) is 10.5. The van der Waals surface area contributed by atoms with Crippen molar-refractivity contribution in [2.75, 3.05) is 39.3 Å². The third-order valence-electron chi connectivity index (χ3n) is 5.32. The Morgan fingerprint density at radius 3 is 2.68 bits per heavy atom. The summed E-state index contributed by atoms with van der Waals surface area (Å²) in [5.41, 5.74) is 0.781. The molecule has 1 saturated heterocycles. The van der Waals surface area contributed by atoms with Crippen LogP contribution in [0.15, 0.2) is 16.8 Å². The monoisotopic (exact) mass is 363 g/mol. The Morgan fingerprint density at radius 1 is 1.08 bits per heavy atom. The predicted molar refractivity (Wildman–Crippen MR) is 101 cm³/mol. The molecule has 2 amide bonds. The highest BCUT2D eigenvalue weighted by Crippen LogP contribution is 2.22. The van der Waals surface area contributed by atoms with Crippen LogP contribution in [0.4, 0.5) is 0 Å². The van der Waals surface area contributed by atoms with Crippen molar-refractivity contribution in [2.24, 2.45) is 5.92 Å². The van der Waals surface area contributed by atoms with E-state index in [0.717, 1.165) is 38.2 Å². The summed E-state index contributed by atoms with van der Waals surface area (Å²) in [6, 6.07) is 1.88. The average molecular weight is 364 g/mol. The van der Waals surface area contributed by atoms with Crippen LogP contribution >= 0.6 is 11.3 Å². The Kier molecular flexibility index (Phi) is 6.87. The fourth-order valence-corrected chi connectivity index (χ4v) is 4.44. The molecular formula is C19H29N3O2S. The number of amides is 2. The van der Waals surface area contributed by atoms with E-state index in [0.29, 0.717) is 19.0 Å². The zero-order valence-corrected chi connectivity index (χ0v) is 15.7. The average Bonchev–Trinajstić information content (AvgIpc) is 3.08. The van der Waals surface area contributed by atoms with E-state index >= 15 is 0 Å². The second-order valence-corrected chi connectivity index (χ2v) is 8.02. The first-order chi connectivity index (χ1) is 12.2. The normalized spacial score (nSPS) is 20.2. The van der Waals surface area contributed by atoms with Crippen LogP contribution in [0.25, 0.3) is 0 Å². The molecule has 1 saturated carbocycles. The van der Waals surface area contributed by atoms with Crippen LogP contribution in [0.1, 0.15) is 48.9 Å². The van der Waals surface area contributed by atoms with Gasteiger partial charge in [-0.05, 0) is 36.6 Å². The summed E-state index contributed by atoms with van der Waals surface area (Å²) in [6.45, 7) is 4.40. The number of rotatable bonds is 5. The molecule has 2 aliphatic rings. The maximum atomic E-state index is 12.5. The lowest BCUT2D eigenvalue weighted by Gasteiger charge is -2.24. The van der Waals surface area contributed by atoms with E-state index in [-0.39, 0.29) is 11.8 Å². The number of hydrogen-bond donors (Lipinski definition) is 1. The lowest BCUT2D eigenvalue weighted by molar-refractivity contribution is -0.122. The smallest absolute Gasteiger partial charge is 0.254 e. The van der Waals surface area contributed by atoms with Crippen LogP contribution < -0.4 is 5.32 Å². The van der Waals surface area contributed by atoms with Crippen molar-refractivity contribution in [1.82, 2.24) is 15.1 Å². The number of thiophene rings is 1. The summed E-state index contributed by atoms with van der Waals surface area (Å²) in [5, 5.41) is 6.96. The Balaban J connectivity index is 1.40. The fourth-order valence-electron chi connectivity index (χ4n) is 3.81. The molecule has 0 radical (unpaired) electrons. The largest absolute Gasteiger partial charge is 0.355 e. The van der Waals surface area contributed by atoms with Crippen molar-refractivity contribution in [3.63, 3.8) is 0 Å². The first-order valence-electron chi connectivity index (χ1n) is 9.53. The molecule has 1 N–H and O–H groups in total. The minimum atomic E-state index is 0.116. The Bertz CT molecular complexity index is 555. The van der Waals surface area contributed by atoms with E-state index in [9.17, 15) is 9.59 Å². The molecule has 2 fully saturated rings. The summed E-state index contributed by atoms with van der Waals surface area (Å²) in [7, 11) is 0. The van der Waals surface area contributed by atoms with Gasteiger partial charge in [-0.1, -0.05) is 19.3 Å². The first kappa shape index (κ1) is 18.4. The van der Waals surface area contributed by atoms with E-state index in [4.69, 9.17) is 0 Å². The third kappa shape index (κ3) is 5.54. The number of hydrogen-bond acceptors (Lipinski definition) is 4. The summed E-state index contributed by atoms with van der Waals surface area (Å²) in [5.74, 6) is 0.911. The zero-order valence-electron chi connectivity index (χ0n) is 14.9. The summed E-state index contributed by atoms with van der Waals surface area (Å²) in [6.07, 6.45) is 7.39. The summed E-state index contributed by atoms with van der Waals surface area (Å²) >= 11 is 1.55. The highest BCUT2D eigenvalue weighted by Gasteiger charge is 2.22. The van der Waals surface area contributed by atoms with Crippen molar-refractivity contribution in [3.8, 4) is 0 Å². The van der Waals surface area contributed by atoms with Crippen LogP contribution in [-0.2, 0) is 4.79 Å². The van der Waals surface area contributed by atoms with Crippen LogP contribution in [0.5, 0.6) is 0 Å². The quantitative estimate of drug-likeness (QED) is 0.875. The molecule has 0 bridgehead atoms. The van der Waals surface area contributed by atoms with Crippen LogP contribution in [0, 0.1) is 5.92 Å². The zero-order chi connectivity index (χ0) is 17.5. The Labute approximate surface area is 154 Å². The van der Waals surface area contributed by atoms with Gasteiger partial charge in [-0.15, -0.1) is 0 Å². The molecule has 0 spiro atoms. The van der Waals surface area contributed by atoms with Crippen LogP contribution in [0.3, 0.4) is 0 Å². The highest BCUT2D eigenvalue weighted by atomic mass is 32.1. The molecule has 6 heteroatoms. The molecule has 1 aromatic heterocycles. The van der Waals surface area contributed by atoms with Crippen molar-refractivity contribution >= 4 is 23.2 Å². The Hall–Kier alpha value is -1.40. The standard InChI is InChI=1S/C19H29N3O2S/c23-18(20-13-16-5-2-1-3-6-16)14-21-8-4-9-22(11-10-21)19(24)17-7-12-25-15-17/h7,12,15-16H,1-6,8-11,13-14H2,(H,20,23). The van der Waals surface area contributed by atoms with Gasteiger partial charge in [-0.3, -0.25) is 14.5 Å². The van der Waals surface area contributed by atoms with Gasteiger partial charge in [0, 0.05) is 38.1 Å². The third-order valence-corrected chi connectivity index (χ3v) is 6.01. The van der Waals surface area contributed by atoms with E-state index in [2.05, 4.69) is 10.2 Å².